The van der Waals surface area contributed by atoms with Crippen LogP contribution in [0, 0.1) is 17.2 Å². The van der Waals surface area contributed by atoms with E-state index in [1.807, 2.05) is 0 Å². The monoisotopic (exact) mass is 227 g/mol. The third-order valence-electron chi connectivity index (χ3n) is 3.80. The molecule has 1 aliphatic carbocycles. The van der Waals surface area contributed by atoms with Crippen molar-refractivity contribution in [2.75, 3.05) is 6.61 Å². The van der Waals surface area contributed by atoms with Gasteiger partial charge in [0.2, 0.25) is 0 Å². The molecule has 1 heterocycles. The Hall–Kier alpha value is -1.33. The van der Waals surface area contributed by atoms with E-state index in [4.69, 9.17) is 10.00 Å². The fourth-order valence-electron chi connectivity index (χ4n) is 2.62. The van der Waals surface area contributed by atoms with Gasteiger partial charge in [0, 0.05) is 6.61 Å². The van der Waals surface area contributed by atoms with Gasteiger partial charge in [0.25, 0.3) is 0 Å². The third-order valence-corrected chi connectivity index (χ3v) is 3.80. The lowest BCUT2D eigenvalue weighted by Gasteiger charge is -2.27. The maximum absolute atomic E-state index is 9.15. The predicted octanol–water partition coefficient (Wildman–Crippen LogP) is 3.56. The Bertz CT molecular complexity index is 427. The Morgan fingerprint density at radius 3 is 2.41 bits per heavy atom. The van der Waals surface area contributed by atoms with Crippen molar-refractivity contribution in [1.82, 2.24) is 0 Å². The van der Waals surface area contributed by atoms with Crippen LogP contribution in [0.25, 0.3) is 0 Å². The molecule has 0 radical (unpaired) electrons. The van der Waals surface area contributed by atoms with E-state index in [0.717, 1.165) is 25.4 Å². The first-order valence-electron chi connectivity index (χ1n) is 6.49. The molecular weight excluding hydrogens is 210 g/mol. The van der Waals surface area contributed by atoms with Crippen molar-refractivity contribution >= 4 is 0 Å². The molecule has 2 unspecified atom stereocenters. The van der Waals surface area contributed by atoms with Crippen LogP contribution in [-0.4, -0.2) is 6.61 Å². The number of nitrogens with zero attached hydrogens (tertiary/aromatic N) is 1. The Kier molecular flexibility index (Phi) is 2.86. The summed E-state index contributed by atoms with van der Waals surface area (Å²) in [5.74, 6) is 0.818. The van der Waals surface area contributed by atoms with Gasteiger partial charge in [-0.3, -0.25) is 0 Å². The largest absolute Gasteiger partial charge is 0.372 e. The number of rotatable bonds is 2. The minimum Gasteiger partial charge on any atom is -0.372 e. The Labute approximate surface area is 102 Å². The quantitative estimate of drug-likeness (QED) is 0.774. The van der Waals surface area contributed by atoms with Crippen molar-refractivity contribution in [3.05, 3.63) is 35.4 Å². The van der Waals surface area contributed by atoms with Crippen LogP contribution in [0.3, 0.4) is 0 Å². The highest BCUT2D eigenvalue weighted by molar-refractivity contribution is 5.30. The summed E-state index contributed by atoms with van der Waals surface area (Å²) in [6.07, 6.45) is 4.63. The molecule has 88 valence electrons. The van der Waals surface area contributed by atoms with Gasteiger partial charge in [0.1, 0.15) is 0 Å². The lowest BCUT2D eigenvalue weighted by molar-refractivity contribution is -0.0101. The number of ether oxygens (including phenoxy) is 1. The van der Waals surface area contributed by atoms with Crippen LogP contribution in [0.5, 0.6) is 0 Å². The van der Waals surface area contributed by atoms with Crippen molar-refractivity contribution < 1.29 is 4.74 Å². The van der Waals surface area contributed by atoms with E-state index < -0.39 is 0 Å². The first kappa shape index (κ1) is 10.8. The second-order valence-electron chi connectivity index (χ2n) is 5.11. The molecule has 0 aromatic heterocycles. The van der Waals surface area contributed by atoms with Gasteiger partial charge in [-0.15, -0.1) is 0 Å². The number of hydrogen-bond donors (Lipinski definition) is 0. The lowest BCUT2D eigenvalue weighted by atomic mass is 9.90. The molecule has 0 amide bonds. The summed E-state index contributed by atoms with van der Waals surface area (Å²) in [7, 11) is 0. The molecule has 3 rings (SSSR count). The minimum absolute atomic E-state index is 0.0120. The van der Waals surface area contributed by atoms with Crippen LogP contribution in [0.2, 0.25) is 0 Å². The molecule has 1 aromatic carbocycles. The van der Waals surface area contributed by atoms with Crippen molar-refractivity contribution in [3.63, 3.8) is 0 Å². The zero-order chi connectivity index (χ0) is 11.7. The maximum atomic E-state index is 9.15. The normalized spacial score (nSPS) is 28.6. The molecular formula is C15H17NO. The third kappa shape index (κ3) is 2.21. The molecule has 2 aliphatic rings. The standard InChI is InChI=1S/C15H17NO/c16-10-14-2-1-9-17-15(14)13-7-5-12(6-8-13)11-3-4-11/h5-8,11,14-15H,1-4,9H2. The average molecular weight is 227 g/mol. The van der Waals surface area contributed by atoms with Gasteiger partial charge in [0.05, 0.1) is 18.1 Å². The minimum atomic E-state index is -0.0120. The summed E-state index contributed by atoms with van der Waals surface area (Å²) in [6.45, 7) is 0.785. The molecule has 0 spiro atoms. The first-order valence-corrected chi connectivity index (χ1v) is 6.49. The van der Waals surface area contributed by atoms with Gasteiger partial charge in [-0.25, -0.2) is 0 Å². The van der Waals surface area contributed by atoms with Gasteiger partial charge in [-0.1, -0.05) is 24.3 Å². The molecule has 2 nitrogen and oxygen atoms in total. The average Bonchev–Trinajstić information content (AvgIpc) is 3.23. The highest BCUT2D eigenvalue weighted by Crippen LogP contribution is 2.41. The van der Waals surface area contributed by atoms with Gasteiger partial charge < -0.3 is 4.74 Å². The van der Waals surface area contributed by atoms with Crippen molar-refractivity contribution in [2.24, 2.45) is 5.92 Å². The number of benzene rings is 1. The maximum Gasteiger partial charge on any atom is 0.0982 e. The smallest absolute Gasteiger partial charge is 0.0982 e. The van der Waals surface area contributed by atoms with Gasteiger partial charge in [-0.05, 0) is 42.7 Å². The van der Waals surface area contributed by atoms with E-state index in [1.54, 1.807) is 0 Å². The van der Waals surface area contributed by atoms with Crippen molar-refractivity contribution in [3.8, 4) is 6.07 Å². The van der Waals surface area contributed by atoms with Crippen LogP contribution in [0.1, 0.15) is 48.8 Å². The molecule has 1 saturated heterocycles. The van der Waals surface area contributed by atoms with Gasteiger partial charge >= 0.3 is 0 Å². The fraction of sp³-hybridized carbons (Fsp3) is 0.533. The van der Waals surface area contributed by atoms with E-state index >= 15 is 0 Å². The highest BCUT2D eigenvalue weighted by Gasteiger charge is 2.28. The zero-order valence-corrected chi connectivity index (χ0v) is 9.93. The SMILES string of the molecule is N#CC1CCCOC1c1ccc(C2CC2)cc1. The summed E-state index contributed by atoms with van der Waals surface area (Å²) in [6, 6.07) is 11.1. The second-order valence-corrected chi connectivity index (χ2v) is 5.11. The van der Waals surface area contributed by atoms with Crippen LogP contribution in [-0.2, 0) is 4.74 Å². The van der Waals surface area contributed by atoms with Crippen LogP contribution >= 0.6 is 0 Å². The van der Waals surface area contributed by atoms with E-state index in [1.165, 1.54) is 24.0 Å². The molecule has 0 N–H and O–H groups in total. The van der Waals surface area contributed by atoms with E-state index in [0.29, 0.717) is 0 Å². The number of hydrogen-bond acceptors (Lipinski definition) is 2. The predicted molar refractivity (Wildman–Crippen MR) is 65.4 cm³/mol. The molecule has 17 heavy (non-hydrogen) atoms. The summed E-state index contributed by atoms with van der Waals surface area (Å²) in [4.78, 5) is 0. The highest BCUT2D eigenvalue weighted by atomic mass is 16.5. The van der Waals surface area contributed by atoms with Gasteiger partial charge in [-0.2, -0.15) is 5.26 Å². The fourth-order valence-corrected chi connectivity index (χ4v) is 2.62. The summed E-state index contributed by atoms with van der Waals surface area (Å²) in [5.41, 5.74) is 2.61. The topological polar surface area (TPSA) is 33.0 Å². The molecule has 2 atom stereocenters. The Morgan fingerprint density at radius 1 is 1.06 bits per heavy atom. The van der Waals surface area contributed by atoms with Crippen molar-refractivity contribution in [1.29, 1.82) is 5.26 Å². The van der Waals surface area contributed by atoms with Crippen LogP contribution < -0.4 is 0 Å². The molecule has 1 aliphatic heterocycles. The van der Waals surface area contributed by atoms with Gasteiger partial charge in [0.15, 0.2) is 0 Å². The van der Waals surface area contributed by atoms with Crippen LogP contribution in [0.4, 0.5) is 0 Å². The second kappa shape index (κ2) is 4.50. The zero-order valence-electron chi connectivity index (χ0n) is 9.93. The summed E-state index contributed by atoms with van der Waals surface area (Å²) >= 11 is 0. The van der Waals surface area contributed by atoms with E-state index in [9.17, 15) is 0 Å². The summed E-state index contributed by atoms with van der Waals surface area (Å²) < 4.78 is 5.76. The van der Waals surface area contributed by atoms with E-state index in [-0.39, 0.29) is 12.0 Å². The Morgan fingerprint density at radius 2 is 1.76 bits per heavy atom. The molecule has 2 fully saturated rings. The molecule has 1 saturated carbocycles. The number of nitriles is 1. The molecule has 2 heteroatoms. The lowest BCUT2D eigenvalue weighted by Crippen LogP contribution is -2.21. The van der Waals surface area contributed by atoms with Crippen molar-refractivity contribution in [2.45, 2.75) is 37.7 Å². The summed E-state index contributed by atoms with van der Waals surface area (Å²) in [5, 5.41) is 9.15. The van der Waals surface area contributed by atoms with Crippen LogP contribution in [0.15, 0.2) is 24.3 Å². The molecule has 1 aromatic rings. The Balaban J connectivity index is 1.79. The van der Waals surface area contributed by atoms with E-state index in [2.05, 4.69) is 30.3 Å². The molecule has 0 bridgehead atoms. The first-order chi connectivity index (χ1) is 8.38.